The van der Waals surface area contributed by atoms with E-state index in [4.69, 9.17) is 12.2 Å². The van der Waals surface area contributed by atoms with Gasteiger partial charge in [-0.3, -0.25) is 9.89 Å². The molecule has 0 aromatic carbocycles. The second-order valence-electron chi connectivity index (χ2n) is 8.82. The molecule has 4 rings (SSSR count). The Morgan fingerprint density at radius 3 is 2.84 bits per heavy atom. The third-order valence-electron chi connectivity index (χ3n) is 5.87. The quantitative estimate of drug-likeness (QED) is 0.808. The first kappa shape index (κ1) is 17.2. The molecule has 1 amide bonds. The predicted molar refractivity (Wildman–Crippen MR) is 99.0 cm³/mol. The minimum atomic E-state index is 0.284. The van der Waals surface area contributed by atoms with Crippen molar-refractivity contribution < 1.29 is 4.79 Å². The first-order chi connectivity index (χ1) is 11.9. The van der Waals surface area contributed by atoms with Crippen molar-refractivity contribution in [1.82, 2.24) is 25.0 Å². The Bertz CT molecular complexity index is 705. The van der Waals surface area contributed by atoms with Gasteiger partial charge < -0.3 is 14.8 Å². The van der Waals surface area contributed by atoms with E-state index in [1.807, 2.05) is 0 Å². The normalized spacial score (nSPS) is 29.1. The summed E-state index contributed by atoms with van der Waals surface area (Å²) >= 11 is 5.41. The highest BCUT2D eigenvalue weighted by molar-refractivity contribution is 7.71. The number of carbonyl (C=O) groups is 1. The SMILES string of the molecule is CC1(C)CNC(CC(=O)N2CCCC(c3n[nH]c(=S)n3C3CC3)C2)C1. The lowest BCUT2D eigenvalue weighted by Gasteiger charge is -2.33. The summed E-state index contributed by atoms with van der Waals surface area (Å²) in [5.41, 5.74) is 0.306. The predicted octanol–water partition coefficient (Wildman–Crippen LogP) is 2.76. The van der Waals surface area contributed by atoms with Gasteiger partial charge in [-0.1, -0.05) is 13.8 Å². The smallest absolute Gasteiger partial charge is 0.224 e. The average molecular weight is 364 g/mol. The number of H-pyrrole nitrogens is 1. The highest BCUT2D eigenvalue weighted by Gasteiger charge is 2.35. The number of likely N-dealkylation sites (tertiary alicyclic amines) is 1. The molecule has 25 heavy (non-hydrogen) atoms. The van der Waals surface area contributed by atoms with Crippen molar-refractivity contribution in [3.8, 4) is 0 Å². The van der Waals surface area contributed by atoms with E-state index in [1.54, 1.807) is 0 Å². The third kappa shape index (κ3) is 3.67. The molecule has 1 aromatic rings. The lowest BCUT2D eigenvalue weighted by molar-refractivity contribution is -0.132. The van der Waals surface area contributed by atoms with Gasteiger partial charge in [-0.25, -0.2) is 0 Å². The summed E-state index contributed by atoms with van der Waals surface area (Å²) in [6.07, 6.45) is 6.22. The Kier molecular flexibility index (Phi) is 4.48. The van der Waals surface area contributed by atoms with E-state index in [-0.39, 0.29) is 5.91 Å². The Morgan fingerprint density at radius 2 is 2.16 bits per heavy atom. The maximum atomic E-state index is 12.8. The van der Waals surface area contributed by atoms with E-state index in [0.717, 1.165) is 49.5 Å². The van der Waals surface area contributed by atoms with Crippen molar-refractivity contribution in [1.29, 1.82) is 0 Å². The minimum absolute atomic E-state index is 0.284. The summed E-state index contributed by atoms with van der Waals surface area (Å²) in [5.74, 6) is 1.65. The third-order valence-corrected chi connectivity index (χ3v) is 6.16. The van der Waals surface area contributed by atoms with Gasteiger partial charge in [-0.15, -0.1) is 0 Å². The van der Waals surface area contributed by atoms with Gasteiger partial charge in [0.2, 0.25) is 5.91 Å². The second-order valence-corrected chi connectivity index (χ2v) is 9.20. The summed E-state index contributed by atoms with van der Waals surface area (Å²) in [6.45, 7) is 7.19. The number of aromatic amines is 1. The van der Waals surface area contributed by atoms with E-state index in [0.29, 0.717) is 29.8 Å². The van der Waals surface area contributed by atoms with Crippen LogP contribution in [0.15, 0.2) is 0 Å². The van der Waals surface area contributed by atoms with Gasteiger partial charge in [0.05, 0.1) is 0 Å². The molecule has 2 unspecified atom stereocenters. The van der Waals surface area contributed by atoms with Gasteiger partial charge >= 0.3 is 0 Å². The molecule has 7 heteroatoms. The van der Waals surface area contributed by atoms with Gasteiger partial charge in [0.1, 0.15) is 5.82 Å². The molecule has 0 radical (unpaired) electrons. The number of rotatable bonds is 4. The molecule has 0 bridgehead atoms. The molecule has 1 aliphatic carbocycles. The number of amides is 1. The van der Waals surface area contributed by atoms with Crippen LogP contribution in [-0.2, 0) is 4.79 Å². The molecule has 3 fully saturated rings. The van der Waals surface area contributed by atoms with Gasteiger partial charge in [-0.05, 0) is 49.7 Å². The Hall–Kier alpha value is -1.21. The molecule has 138 valence electrons. The molecular formula is C18H29N5OS. The number of carbonyl (C=O) groups excluding carboxylic acids is 1. The van der Waals surface area contributed by atoms with Gasteiger partial charge in [0.15, 0.2) is 4.77 Å². The molecule has 2 N–H and O–H groups in total. The van der Waals surface area contributed by atoms with Crippen LogP contribution in [0.4, 0.5) is 0 Å². The summed E-state index contributed by atoms with van der Waals surface area (Å²) in [7, 11) is 0. The van der Waals surface area contributed by atoms with Crippen LogP contribution in [0.5, 0.6) is 0 Å². The average Bonchev–Trinajstić information content (AvgIpc) is 3.25. The van der Waals surface area contributed by atoms with E-state index in [2.05, 4.69) is 38.8 Å². The molecule has 2 atom stereocenters. The zero-order valence-corrected chi connectivity index (χ0v) is 16.1. The number of piperidine rings is 1. The highest BCUT2D eigenvalue weighted by Crippen LogP contribution is 2.38. The van der Waals surface area contributed by atoms with Crippen LogP contribution in [0.3, 0.4) is 0 Å². The number of hydrogen-bond acceptors (Lipinski definition) is 4. The summed E-state index contributed by atoms with van der Waals surface area (Å²) in [6, 6.07) is 0.848. The lowest BCUT2D eigenvalue weighted by Crippen LogP contribution is -2.42. The lowest BCUT2D eigenvalue weighted by atomic mass is 9.89. The van der Waals surface area contributed by atoms with Gasteiger partial charge in [-0.2, -0.15) is 5.10 Å². The molecule has 0 spiro atoms. The van der Waals surface area contributed by atoms with Crippen molar-refractivity contribution in [3.63, 3.8) is 0 Å². The van der Waals surface area contributed by atoms with Crippen LogP contribution in [0.25, 0.3) is 0 Å². The fraction of sp³-hybridized carbons (Fsp3) is 0.833. The van der Waals surface area contributed by atoms with Crippen LogP contribution < -0.4 is 5.32 Å². The largest absolute Gasteiger partial charge is 0.342 e. The fourth-order valence-electron chi connectivity index (χ4n) is 4.42. The maximum absolute atomic E-state index is 12.8. The first-order valence-corrected chi connectivity index (χ1v) is 10.0. The standard InChI is InChI=1S/C18H29N5OS/c1-18(2)9-13(19-11-18)8-15(24)22-7-3-4-12(10-22)16-20-21-17(25)23(16)14-5-6-14/h12-14,19H,3-11H2,1-2H3,(H,21,25). The van der Waals surface area contributed by atoms with Crippen LogP contribution >= 0.6 is 12.2 Å². The van der Waals surface area contributed by atoms with Crippen molar-refractivity contribution >= 4 is 18.1 Å². The molecule has 3 heterocycles. The number of nitrogens with one attached hydrogen (secondary N) is 2. The zero-order chi connectivity index (χ0) is 17.6. The fourth-order valence-corrected chi connectivity index (χ4v) is 4.71. The van der Waals surface area contributed by atoms with Crippen molar-refractivity contribution in [2.24, 2.45) is 5.41 Å². The van der Waals surface area contributed by atoms with Gasteiger partial charge in [0, 0.05) is 44.1 Å². The van der Waals surface area contributed by atoms with Crippen LogP contribution in [-0.4, -0.2) is 51.2 Å². The summed E-state index contributed by atoms with van der Waals surface area (Å²) < 4.78 is 2.94. The van der Waals surface area contributed by atoms with Crippen LogP contribution in [0, 0.1) is 10.2 Å². The number of hydrogen-bond donors (Lipinski definition) is 2. The maximum Gasteiger partial charge on any atom is 0.224 e. The van der Waals surface area contributed by atoms with E-state index in [9.17, 15) is 4.79 Å². The van der Waals surface area contributed by atoms with E-state index >= 15 is 0 Å². The molecule has 2 saturated heterocycles. The second kappa shape index (κ2) is 6.50. The molecular weight excluding hydrogens is 334 g/mol. The molecule has 1 saturated carbocycles. The zero-order valence-electron chi connectivity index (χ0n) is 15.3. The van der Waals surface area contributed by atoms with Crippen molar-refractivity contribution in [2.75, 3.05) is 19.6 Å². The van der Waals surface area contributed by atoms with Crippen molar-refractivity contribution in [2.45, 2.75) is 70.4 Å². The highest BCUT2D eigenvalue weighted by atomic mass is 32.1. The first-order valence-electron chi connectivity index (χ1n) is 9.61. The topological polar surface area (TPSA) is 66.0 Å². The van der Waals surface area contributed by atoms with E-state index < -0.39 is 0 Å². The Balaban J connectivity index is 1.41. The number of nitrogens with zero attached hydrogens (tertiary/aromatic N) is 3. The Morgan fingerprint density at radius 1 is 1.36 bits per heavy atom. The van der Waals surface area contributed by atoms with Crippen molar-refractivity contribution in [3.05, 3.63) is 10.6 Å². The molecule has 2 aliphatic heterocycles. The molecule has 3 aliphatic rings. The minimum Gasteiger partial charge on any atom is -0.342 e. The van der Waals surface area contributed by atoms with Gasteiger partial charge in [0.25, 0.3) is 0 Å². The molecule has 6 nitrogen and oxygen atoms in total. The molecule has 1 aromatic heterocycles. The summed E-state index contributed by atoms with van der Waals surface area (Å²) in [5, 5.41) is 11.0. The van der Waals surface area contributed by atoms with Crippen LogP contribution in [0.2, 0.25) is 0 Å². The monoisotopic (exact) mass is 363 g/mol. The summed E-state index contributed by atoms with van der Waals surface area (Å²) in [4.78, 5) is 14.9. The van der Waals surface area contributed by atoms with E-state index in [1.165, 1.54) is 12.8 Å². The number of aromatic nitrogens is 3. The Labute approximate surface area is 154 Å². The van der Waals surface area contributed by atoms with Crippen LogP contribution in [0.1, 0.15) is 70.2 Å².